The molecule has 1 fully saturated rings. The van der Waals surface area contributed by atoms with Gasteiger partial charge in [0.05, 0.1) is 0 Å². The molecule has 0 amide bonds. The summed E-state index contributed by atoms with van der Waals surface area (Å²) in [6.07, 6.45) is 9.19. The fraction of sp³-hybridized carbons (Fsp3) is 0.647. The van der Waals surface area contributed by atoms with Gasteiger partial charge < -0.3 is 10.6 Å². The molecule has 1 saturated heterocycles. The topological polar surface area (TPSA) is 24.1 Å². The molecular weight excluding hydrogens is 232 g/mol. The second kappa shape index (κ2) is 6.06. The minimum Gasteiger partial charge on any atom is -0.314 e. The van der Waals surface area contributed by atoms with E-state index in [-0.39, 0.29) is 0 Å². The van der Waals surface area contributed by atoms with E-state index in [1.807, 2.05) is 0 Å². The minimum atomic E-state index is 0.501. The summed E-state index contributed by atoms with van der Waals surface area (Å²) in [6.45, 7) is 1.20. The van der Waals surface area contributed by atoms with E-state index < -0.39 is 0 Å². The van der Waals surface area contributed by atoms with Crippen LogP contribution < -0.4 is 10.6 Å². The van der Waals surface area contributed by atoms with Gasteiger partial charge in [0.25, 0.3) is 0 Å². The Morgan fingerprint density at radius 3 is 2.89 bits per heavy atom. The Bertz CT molecular complexity index is 421. The van der Waals surface area contributed by atoms with E-state index in [4.69, 9.17) is 0 Å². The van der Waals surface area contributed by atoms with Crippen molar-refractivity contribution in [1.82, 2.24) is 10.6 Å². The van der Waals surface area contributed by atoms with Crippen LogP contribution in [0.15, 0.2) is 18.2 Å². The summed E-state index contributed by atoms with van der Waals surface area (Å²) in [6, 6.07) is 8.34. The Kier molecular flexibility index (Phi) is 4.19. The molecule has 3 rings (SSSR count). The fourth-order valence-corrected chi connectivity index (χ4v) is 3.64. The first-order valence-corrected chi connectivity index (χ1v) is 7.89. The summed E-state index contributed by atoms with van der Waals surface area (Å²) < 4.78 is 0. The Morgan fingerprint density at radius 1 is 1.21 bits per heavy atom. The van der Waals surface area contributed by atoms with Gasteiger partial charge in [0, 0.05) is 12.1 Å². The van der Waals surface area contributed by atoms with E-state index in [0.29, 0.717) is 12.1 Å². The van der Waals surface area contributed by atoms with Crippen LogP contribution in [0.3, 0.4) is 0 Å². The highest BCUT2D eigenvalue weighted by Gasteiger charge is 2.20. The first kappa shape index (κ1) is 13.1. The van der Waals surface area contributed by atoms with Crippen LogP contribution in [0.5, 0.6) is 0 Å². The molecule has 0 spiro atoms. The zero-order valence-electron chi connectivity index (χ0n) is 12.0. The average Bonchev–Trinajstić information content (AvgIpc) is 2.93. The van der Waals surface area contributed by atoms with Crippen molar-refractivity contribution in [3.8, 4) is 0 Å². The summed E-state index contributed by atoms with van der Waals surface area (Å²) in [5, 5.41) is 7.18. The van der Waals surface area contributed by atoms with E-state index in [9.17, 15) is 0 Å². The van der Waals surface area contributed by atoms with E-state index >= 15 is 0 Å². The average molecular weight is 258 g/mol. The lowest BCUT2D eigenvalue weighted by Gasteiger charge is -2.28. The van der Waals surface area contributed by atoms with Crippen LogP contribution in [-0.4, -0.2) is 19.6 Å². The maximum atomic E-state index is 3.67. The van der Waals surface area contributed by atoms with Crippen LogP contribution in [0.2, 0.25) is 0 Å². The molecule has 1 aromatic carbocycles. The minimum absolute atomic E-state index is 0.501. The predicted molar refractivity (Wildman–Crippen MR) is 80.5 cm³/mol. The van der Waals surface area contributed by atoms with Gasteiger partial charge in [-0.3, -0.25) is 0 Å². The Balaban J connectivity index is 1.70. The molecule has 1 aliphatic carbocycles. The summed E-state index contributed by atoms with van der Waals surface area (Å²) in [5.41, 5.74) is 4.65. The number of aryl methyl sites for hydroxylation is 2. The van der Waals surface area contributed by atoms with Gasteiger partial charge in [-0.15, -0.1) is 0 Å². The second-order valence-electron chi connectivity index (χ2n) is 6.11. The van der Waals surface area contributed by atoms with Gasteiger partial charge in [-0.05, 0) is 68.8 Å². The molecule has 1 heterocycles. The molecule has 1 aliphatic heterocycles. The van der Waals surface area contributed by atoms with Gasteiger partial charge in [0.2, 0.25) is 0 Å². The third-order valence-corrected chi connectivity index (χ3v) is 4.81. The van der Waals surface area contributed by atoms with Crippen LogP contribution in [0.25, 0.3) is 0 Å². The number of benzene rings is 1. The number of fused-ring (bicyclic) bond motifs is 1. The highest BCUT2D eigenvalue weighted by Crippen LogP contribution is 2.28. The lowest BCUT2D eigenvalue weighted by atomic mass is 9.93. The van der Waals surface area contributed by atoms with Crippen molar-refractivity contribution in [3.63, 3.8) is 0 Å². The van der Waals surface area contributed by atoms with Crippen molar-refractivity contribution in [2.75, 3.05) is 13.6 Å². The van der Waals surface area contributed by atoms with Gasteiger partial charge in [0.15, 0.2) is 0 Å². The molecule has 2 aliphatic rings. The van der Waals surface area contributed by atoms with Crippen molar-refractivity contribution < 1.29 is 0 Å². The first-order valence-electron chi connectivity index (χ1n) is 7.89. The maximum Gasteiger partial charge on any atom is 0.0332 e. The molecule has 104 valence electrons. The number of hydrogen-bond donors (Lipinski definition) is 2. The molecule has 0 bridgehead atoms. The number of rotatable bonds is 4. The number of hydrogen-bond acceptors (Lipinski definition) is 2. The third-order valence-electron chi connectivity index (χ3n) is 4.81. The zero-order valence-corrected chi connectivity index (χ0v) is 12.0. The van der Waals surface area contributed by atoms with Crippen LogP contribution in [0, 0.1) is 0 Å². The van der Waals surface area contributed by atoms with Crippen molar-refractivity contribution in [2.24, 2.45) is 0 Å². The molecular formula is C17H26N2. The summed E-state index contributed by atoms with van der Waals surface area (Å²) in [7, 11) is 2.10. The van der Waals surface area contributed by atoms with E-state index in [1.165, 1.54) is 57.1 Å². The molecule has 2 N–H and O–H groups in total. The van der Waals surface area contributed by atoms with Crippen LogP contribution in [0.1, 0.15) is 54.8 Å². The Morgan fingerprint density at radius 2 is 2.11 bits per heavy atom. The van der Waals surface area contributed by atoms with Crippen molar-refractivity contribution in [3.05, 3.63) is 34.9 Å². The molecule has 0 saturated carbocycles. The second-order valence-corrected chi connectivity index (χ2v) is 6.11. The summed E-state index contributed by atoms with van der Waals surface area (Å²) in [5.74, 6) is 0. The summed E-state index contributed by atoms with van der Waals surface area (Å²) in [4.78, 5) is 0. The smallest absolute Gasteiger partial charge is 0.0332 e. The number of piperidine rings is 1. The highest BCUT2D eigenvalue weighted by molar-refractivity contribution is 5.36. The largest absolute Gasteiger partial charge is 0.314 e. The molecule has 2 heteroatoms. The van der Waals surface area contributed by atoms with Crippen molar-refractivity contribution in [1.29, 1.82) is 0 Å². The molecule has 2 unspecified atom stereocenters. The fourth-order valence-electron chi connectivity index (χ4n) is 3.64. The SMILES string of the molecule is CNC(CC1CCCCN1)c1ccc2c(c1)CCC2. The lowest BCUT2D eigenvalue weighted by molar-refractivity contribution is 0.347. The van der Waals surface area contributed by atoms with Crippen molar-refractivity contribution >= 4 is 0 Å². The summed E-state index contributed by atoms with van der Waals surface area (Å²) >= 11 is 0. The molecule has 0 aromatic heterocycles. The highest BCUT2D eigenvalue weighted by atomic mass is 14.9. The van der Waals surface area contributed by atoms with Gasteiger partial charge in [-0.25, -0.2) is 0 Å². The first-order chi connectivity index (χ1) is 9.36. The molecule has 2 atom stereocenters. The molecule has 0 radical (unpaired) electrons. The number of nitrogens with one attached hydrogen (secondary N) is 2. The van der Waals surface area contributed by atoms with E-state index in [0.717, 1.165) is 0 Å². The zero-order chi connectivity index (χ0) is 13.1. The Hall–Kier alpha value is -0.860. The van der Waals surface area contributed by atoms with Gasteiger partial charge in [0.1, 0.15) is 0 Å². The third kappa shape index (κ3) is 3.01. The van der Waals surface area contributed by atoms with E-state index in [2.05, 4.69) is 35.9 Å². The normalized spacial score (nSPS) is 24.2. The maximum absolute atomic E-state index is 3.67. The lowest BCUT2D eigenvalue weighted by Crippen LogP contribution is -2.37. The standard InChI is InChI=1S/C17H26N2/c1-18-17(12-16-7-2-3-10-19-16)15-9-8-13-5-4-6-14(13)11-15/h8-9,11,16-19H,2-7,10,12H2,1H3. The van der Waals surface area contributed by atoms with Gasteiger partial charge in [-0.2, -0.15) is 0 Å². The van der Waals surface area contributed by atoms with Crippen molar-refractivity contribution in [2.45, 2.75) is 57.0 Å². The molecule has 1 aromatic rings. The quantitative estimate of drug-likeness (QED) is 0.867. The van der Waals surface area contributed by atoms with E-state index in [1.54, 1.807) is 11.1 Å². The van der Waals surface area contributed by atoms with Crippen LogP contribution >= 0.6 is 0 Å². The van der Waals surface area contributed by atoms with Crippen LogP contribution in [-0.2, 0) is 12.8 Å². The molecule has 2 nitrogen and oxygen atoms in total. The van der Waals surface area contributed by atoms with Gasteiger partial charge in [-0.1, -0.05) is 24.6 Å². The monoisotopic (exact) mass is 258 g/mol. The van der Waals surface area contributed by atoms with Gasteiger partial charge >= 0.3 is 0 Å². The Labute approximate surface area is 117 Å². The molecule has 19 heavy (non-hydrogen) atoms. The van der Waals surface area contributed by atoms with Crippen LogP contribution in [0.4, 0.5) is 0 Å². The predicted octanol–water partition coefficient (Wildman–Crippen LogP) is 2.97.